The topological polar surface area (TPSA) is 63.7 Å². The molecule has 1 saturated heterocycles. The van der Waals surface area contributed by atoms with Crippen LogP contribution in [0.4, 0.5) is 0 Å². The second-order valence-electron chi connectivity index (χ2n) is 6.15. The van der Waals surface area contributed by atoms with Crippen molar-refractivity contribution in [1.82, 2.24) is 4.31 Å². The molecule has 5 nitrogen and oxygen atoms in total. The zero-order chi connectivity index (χ0) is 18.0. The standard InChI is InChI=1S/C18H20BrNO4S/c1-2-25(22,23)20-9-7-13(8-10-20)18(21)24-17-6-4-14-11-16(19)5-3-15(14)12-17/h3-6,11-13H,2,7-10H2,1H3. The predicted octanol–water partition coefficient (Wildman–Crippen LogP) is 3.57. The number of hydrogen-bond acceptors (Lipinski definition) is 4. The Bertz CT molecular complexity index is 889. The molecule has 0 saturated carbocycles. The van der Waals surface area contributed by atoms with Crippen molar-refractivity contribution in [1.29, 1.82) is 0 Å². The van der Waals surface area contributed by atoms with Crippen molar-refractivity contribution in [2.45, 2.75) is 19.8 Å². The fourth-order valence-corrected chi connectivity index (χ4v) is 4.52. The average molecular weight is 426 g/mol. The number of halogens is 1. The summed E-state index contributed by atoms with van der Waals surface area (Å²) in [7, 11) is -3.18. The van der Waals surface area contributed by atoms with Gasteiger partial charge in [0.05, 0.1) is 11.7 Å². The highest BCUT2D eigenvalue weighted by atomic mass is 79.9. The van der Waals surface area contributed by atoms with Crippen molar-refractivity contribution in [3.63, 3.8) is 0 Å². The fraction of sp³-hybridized carbons (Fsp3) is 0.389. The Kier molecular flexibility index (Phi) is 5.46. The van der Waals surface area contributed by atoms with Crippen LogP contribution >= 0.6 is 15.9 Å². The van der Waals surface area contributed by atoms with Crippen LogP contribution in [0.2, 0.25) is 0 Å². The molecule has 2 aromatic carbocycles. The van der Waals surface area contributed by atoms with E-state index in [9.17, 15) is 13.2 Å². The van der Waals surface area contributed by atoms with E-state index in [-0.39, 0.29) is 17.6 Å². The summed E-state index contributed by atoms with van der Waals surface area (Å²) in [4.78, 5) is 12.4. The molecule has 1 fully saturated rings. The molecule has 25 heavy (non-hydrogen) atoms. The van der Waals surface area contributed by atoms with Crippen LogP contribution in [0.5, 0.6) is 5.75 Å². The summed E-state index contributed by atoms with van der Waals surface area (Å²) in [6.07, 6.45) is 0.997. The minimum absolute atomic E-state index is 0.0926. The van der Waals surface area contributed by atoms with Gasteiger partial charge in [-0.15, -0.1) is 0 Å². The van der Waals surface area contributed by atoms with Crippen molar-refractivity contribution in [2.75, 3.05) is 18.8 Å². The van der Waals surface area contributed by atoms with Gasteiger partial charge in [0.15, 0.2) is 0 Å². The van der Waals surface area contributed by atoms with Crippen LogP contribution in [0.25, 0.3) is 10.8 Å². The Balaban J connectivity index is 1.64. The predicted molar refractivity (Wildman–Crippen MR) is 101 cm³/mol. The molecular formula is C18H20BrNO4S. The van der Waals surface area contributed by atoms with E-state index >= 15 is 0 Å². The van der Waals surface area contributed by atoms with E-state index in [2.05, 4.69) is 15.9 Å². The number of sulfonamides is 1. The number of ether oxygens (including phenoxy) is 1. The molecular weight excluding hydrogens is 406 g/mol. The van der Waals surface area contributed by atoms with Gasteiger partial charge in [-0.2, -0.15) is 0 Å². The molecule has 134 valence electrons. The van der Waals surface area contributed by atoms with Crippen LogP contribution in [0.1, 0.15) is 19.8 Å². The number of nitrogens with zero attached hydrogens (tertiary/aromatic N) is 1. The maximum absolute atomic E-state index is 12.4. The summed E-state index contributed by atoms with van der Waals surface area (Å²) in [6.45, 7) is 2.39. The van der Waals surface area contributed by atoms with Gasteiger partial charge in [-0.1, -0.05) is 28.1 Å². The Morgan fingerprint density at radius 2 is 1.80 bits per heavy atom. The second-order valence-corrected chi connectivity index (χ2v) is 9.32. The van der Waals surface area contributed by atoms with Crippen LogP contribution in [0.3, 0.4) is 0 Å². The number of hydrogen-bond donors (Lipinski definition) is 0. The molecule has 1 heterocycles. The zero-order valence-corrected chi connectivity index (χ0v) is 16.3. The lowest BCUT2D eigenvalue weighted by molar-refractivity contribution is -0.140. The van der Waals surface area contributed by atoms with E-state index in [0.717, 1.165) is 15.2 Å². The summed E-state index contributed by atoms with van der Waals surface area (Å²) in [5, 5.41) is 2.06. The van der Waals surface area contributed by atoms with Crippen LogP contribution in [-0.4, -0.2) is 37.5 Å². The molecule has 0 N–H and O–H groups in total. The van der Waals surface area contributed by atoms with Gasteiger partial charge in [0.25, 0.3) is 0 Å². The monoisotopic (exact) mass is 425 g/mol. The highest BCUT2D eigenvalue weighted by molar-refractivity contribution is 9.10. The lowest BCUT2D eigenvalue weighted by Crippen LogP contribution is -2.41. The lowest BCUT2D eigenvalue weighted by Gasteiger charge is -2.29. The normalized spacial score (nSPS) is 16.9. The summed E-state index contributed by atoms with van der Waals surface area (Å²) in [6, 6.07) is 11.5. The number of benzene rings is 2. The van der Waals surface area contributed by atoms with Gasteiger partial charge in [0, 0.05) is 17.6 Å². The van der Waals surface area contributed by atoms with E-state index in [1.807, 2.05) is 30.3 Å². The minimum atomic E-state index is -3.18. The highest BCUT2D eigenvalue weighted by Crippen LogP contribution is 2.26. The van der Waals surface area contributed by atoms with Crippen molar-refractivity contribution in [3.05, 3.63) is 40.9 Å². The summed E-state index contributed by atoms with van der Waals surface area (Å²) >= 11 is 3.44. The van der Waals surface area contributed by atoms with E-state index in [1.165, 1.54) is 4.31 Å². The van der Waals surface area contributed by atoms with Gasteiger partial charge >= 0.3 is 5.97 Å². The van der Waals surface area contributed by atoms with Crippen LogP contribution in [0.15, 0.2) is 40.9 Å². The van der Waals surface area contributed by atoms with Crippen LogP contribution in [-0.2, 0) is 14.8 Å². The van der Waals surface area contributed by atoms with Crippen molar-refractivity contribution in [3.8, 4) is 5.75 Å². The third kappa shape index (κ3) is 4.22. The highest BCUT2D eigenvalue weighted by Gasteiger charge is 2.31. The largest absolute Gasteiger partial charge is 0.426 e. The van der Waals surface area contributed by atoms with Gasteiger partial charge in [-0.05, 0) is 54.8 Å². The molecule has 0 radical (unpaired) electrons. The van der Waals surface area contributed by atoms with Gasteiger partial charge in [-0.25, -0.2) is 12.7 Å². The molecule has 0 atom stereocenters. The SMILES string of the molecule is CCS(=O)(=O)N1CCC(C(=O)Oc2ccc3cc(Br)ccc3c2)CC1. The maximum Gasteiger partial charge on any atom is 0.314 e. The van der Waals surface area contributed by atoms with Crippen molar-refractivity contribution in [2.24, 2.45) is 5.92 Å². The van der Waals surface area contributed by atoms with Crippen LogP contribution in [0, 0.1) is 5.92 Å². The Morgan fingerprint density at radius 1 is 1.16 bits per heavy atom. The van der Waals surface area contributed by atoms with E-state index in [4.69, 9.17) is 4.74 Å². The Hall–Kier alpha value is -1.44. The average Bonchev–Trinajstić information content (AvgIpc) is 2.62. The number of rotatable bonds is 4. The van der Waals surface area contributed by atoms with E-state index in [0.29, 0.717) is 31.7 Å². The van der Waals surface area contributed by atoms with E-state index in [1.54, 1.807) is 13.0 Å². The first-order valence-corrected chi connectivity index (χ1v) is 10.7. The zero-order valence-electron chi connectivity index (χ0n) is 13.9. The van der Waals surface area contributed by atoms with Crippen LogP contribution < -0.4 is 4.74 Å². The number of fused-ring (bicyclic) bond motifs is 1. The smallest absolute Gasteiger partial charge is 0.314 e. The molecule has 0 spiro atoms. The fourth-order valence-electron chi connectivity index (χ4n) is 3.01. The lowest BCUT2D eigenvalue weighted by atomic mass is 9.98. The van der Waals surface area contributed by atoms with Gasteiger partial charge in [0.1, 0.15) is 5.75 Å². The summed E-state index contributed by atoms with van der Waals surface area (Å²) in [5.74, 6) is 0.0624. The van der Waals surface area contributed by atoms with Gasteiger partial charge < -0.3 is 4.74 Å². The summed E-state index contributed by atoms with van der Waals surface area (Å²) < 4.78 is 31.7. The van der Waals surface area contributed by atoms with Gasteiger partial charge in [0.2, 0.25) is 10.0 Å². The Labute approximate surface area is 156 Å². The minimum Gasteiger partial charge on any atom is -0.426 e. The Morgan fingerprint density at radius 3 is 2.48 bits per heavy atom. The molecule has 0 unspecified atom stereocenters. The molecule has 0 bridgehead atoms. The number of carbonyl (C=O) groups is 1. The molecule has 1 aliphatic rings. The molecule has 2 aromatic rings. The number of piperidine rings is 1. The quantitative estimate of drug-likeness (QED) is 0.554. The first kappa shape index (κ1) is 18.4. The molecule has 0 aromatic heterocycles. The summed E-state index contributed by atoms with van der Waals surface area (Å²) in [5.41, 5.74) is 0. The molecule has 1 aliphatic heterocycles. The molecule has 0 aliphatic carbocycles. The first-order chi connectivity index (χ1) is 11.9. The second kappa shape index (κ2) is 7.43. The number of carbonyl (C=O) groups excluding carboxylic acids is 1. The van der Waals surface area contributed by atoms with Gasteiger partial charge in [-0.3, -0.25) is 4.79 Å². The maximum atomic E-state index is 12.4. The first-order valence-electron chi connectivity index (χ1n) is 8.28. The van der Waals surface area contributed by atoms with E-state index < -0.39 is 10.0 Å². The number of esters is 1. The molecule has 7 heteroatoms. The molecule has 0 amide bonds. The molecule has 3 rings (SSSR count). The van der Waals surface area contributed by atoms with Crippen molar-refractivity contribution >= 4 is 42.7 Å². The van der Waals surface area contributed by atoms with Crippen molar-refractivity contribution < 1.29 is 17.9 Å². The third-order valence-corrected chi connectivity index (χ3v) is 6.91. The third-order valence-electron chi connectivity index (χ3n) is 4.54.